The summed E-state index contributed by atoms with van der Waals surface area (Å²) in [6, 6.07) is 0.381. The molecule has 1 unspecified atom stereocenters. The van der Waals surface area contributed by atoms with Crippen molar-refractivity contribution in [1.82, 2.24) is 0 Å². The molecule has 2 atom stereocenters. The maximum Gasteiger partial charge on any atom is 0.133 e. The van der Waals surface area contributed by atoms with Gasteiger partial charge in [0.25, 0.3) is 0 Å². The molecule has 0 amide bonds. The largest absolute Gasteiger partial charge is 0.392 e. The molecule has 3 heteroatoms. The normalized spacial score (nSPS) is 50.7. The summed E-state index contributed by atoms with van der Waals surface area (Å²) < 4.78 is 0. The first kappa shape index (κ1) is 13.1. The Morgan fingerprint density at radius 1 is 0.950 bits per heavy atom. The van der Waals surface area contributed by atoms with Crippen LogP contribution in [0.1, 0.15) is 58.3 Å². The number of hydrogen-bond acceptors (Lipinski definition) is 3. The van der Waals surface area contributed by atoms with Gasteiger partial charge in [0.1, 0.15) is 6.10 Å². The summed E-state index contributed by atoms with van der Waals surface area (Å²) in [5.41, 5.74) is 7.19. The smallest absolute Gasteiger partial charge is 0.133 e. The number of nitrogens with two attached hydrogens (primary N) is 1. The summed E-state index contributed by atoms with van der Waals surface area (Å²) in [7, 11) is 0. The molecule has 0 aliphatic heterocycles. The van der Waals surface area contributed by atoms with Gasteiger partial charge in [-0.1, -0.05) is 5.16 Å². The summed E-state index contributed by atoms with van der Waals surface area (Å²) in [4.78, 5) is 6.08. The number of oxime groups is 1. The first-order chi connectivity index (χ1) is 9.69. The number of hydrogen-bond donors (Lipinski definition) is 1. The van der Waals surface area contributed by atoms with Gasteiger partial charge in [-0.15, -0.1) is 0 Å². The third kappa shape index (κ3) is 2.28. The van der Waals surface area contributed by atoms with Gasteiger partial charge in [-0.05, 0) is 82.0 Å². The van der Waals surface area contributed by atoms with E-state index in [4.69, 9.17) is 10.6 Å². The average Bonchev–Trinajstić information content (AvgIpc) is 2.83. The van der Waals surface area contributed by atoms with Gasteiger partial charge in [-0.25, -0.2) is 0 Å². The van der Waals surface area contributed by atoms with Crippen molar-refractivity contribution >= 4 is 5.71 Å². The molecule has 2 N–H and O–H groups in total. The van der Waals surface area contributed by atoms with Crippen LogP contribution in [0.15, 0.2) is 5.16 Å². The maximum atomic E-state index is 6.08. The molecule has 4 bridgehead atoms. The van der Waals surface area contributed by atoms with Gasteiger partial charge >= 0.3 is 0 Å². The molecule has 5 aliphatic carbocycles. The van der Waals surface area contributed by atoms with Crippen molar-refractivity contribution < 1.29 is 4.84 Å². The molecule has 5 rings (SSSR count). The molecule has 5 aliphatic rings. The van der Waals surface area contributed by atoms with E-state index in [1.165, 1.54) is 44.2 Å². The van der Waals surface area contributed by atoms with E-state index in [0.717, 1.165) is 36.5 Å². The van der Waals surface area contributed by atoms with Gasteiger partial charge in [-0.2, -0.15) is 0 Å². The van der Waals surface area contributed by atoms with E-state index in [1.807, 2.05) is 0 Å². The minimum atomic E-state index is 0.381. The van der Waals surface area contributed by atoms with Gasteiger partial charge in [0, 0.05) is 12.0 Å². The quantitative estimate of drug-likeness (QED) is 0.635. The van der Waals surface area contributed by atoms with Crippen LogP contribution in [0, 0.1) is 29.6 Å². The fraction of sp³-hybridized carbons (Fsp3) is 0.941. The molecule has 0 spiro atoms. The second-order valence-electron chi connectivity index (χ2n) is 8.00. The Morgan fingerprint density at radius 2 is 1.60 bits per heavy atom. The zero-order valence-corrected chi connectivity index (χ0v) is 12.6. The fourth-order valence-electron chi connectivity index (χ4n) is 5.66. The van der Waals surface area contributed by atoms with Crippen LogP contribution < -0.4 is 5.73 Å². The fourth-order valence-corrected chi connectivity index (χ4v) is 5.66. The minimum Gasteiger partial charge on any atom is -0.392 e. The van der Waals surface area contributed by atoms with Crippen molar-refractivity contribution in [3.05, 3.63) is 0 Å². The van der Waals surface area contributed by atoms with E-state index in [1.54, 1.807) is 0 Å². The SMILES string of the molecule is CC(=NOC1C2CC3CC(C2)CC1C3)C1CC[C@@H](N)C1. The van der Waals surface area contributed by atoms with Crippen LogP contribution in [-0.2, 0) is 4.84 Å². The monoisotopic (exact) mass is 276 g/mol. The number of rotatable bonds is 3. The predicted molar refractivity (Wildman–Crippen MR) is 80.3 cm³/mol. The topological polar surface area (TPSA) is 47.6 Å². The van der Waals surface area contributed by atoms with Crippen molar-refractivity contribution in [2.45, 2.75) is 70.4 Å². The molecule has 0 saturated heterocycles. The molecule has 0 aromatic carbocycles. The van der Waals surface area contributed by atoms with Crippen LogP contribution in [0.5, 0.6) is 0 Å². The zero-order valence-electron chi connectivity index (χ0n) is 12.6. The lowest BCUT2D eigenvalue weighted by atomic mass is 9.55. The first-order valence-electron chi connectivity index (χ1n) is 8.65. The van der Waals surface area contributed by atoms with Gasteiger partial charge in [0.05, 0.1) is 5.71 Å². The van der Waals surface area contributed by atoms with Gasteiger partial charge in [0.15, 0.2) is 0 Å². The molecular formula is C17H28N2O. The molecule has 5 saturated carbocycles. The lowest BCUT2D eigenvalue weighted by Crippen LogP contribution is -2.48. The van der Waals surface area contributed by atoms with Crippen molar-refractivity contribution in [1.29, 1.82) is 0 Å². The Bertz CT molecular complexity index is 378. The number of nitrogens with zero attached hydrogens (tertiary/aromatic N) is 1. The standard InChI is InChI=1S/C17H28N2O/c1-10(13-2-3-16(18)9-13)19-20-17-14-5-11-4-12(7-14)8-15(17)6-11/h11-17H,2-9,18H2,1H3/t11?,12?,13?,14?,15?,16-,17?/m1/s1. The third-order valence-electron chi connectivity index (χ3n) is 6.52. The van der Waals surface area contributed by atoms with E-state index in [2.05, 4.69) is 12.1 Å². The Hall–Kier alpha value is -0.570. The van der Waals surface area contributed by atoms with Crippen LogP contribution in [0.25, 0.3) is 0 Å². The maximum absolute atomic E-state index is 6.08. The first-order valence-corrected chi connectivity index (χ1v) is 8.65. The molecule has 0 aromatic rings. The van der Waals surface area contributed by atoms with Crippen LogP contribution in [0.3, 0.4) is 0 Å². The van der Waals surface area contributed by atoms with E-state index in [-0.39, 0.29) is 0 Å². The lowest BCUT2D eigenvalue weighted by molar-refractivity contribution is -0.126. The minimum absolute atomic E-state index is 0.381. The molecule has 5 fully saturated rings. The van der Waals surface area contributed by atoms with Gasteiger partial charge in [0.2, 0.25) is 0 Å². The molecule has 3 nitrogen and oxygen atoms in total. The Balaban J connectivity index is 1.39. The van der Waals surface area contributed by atoms with Crippen LogP contribution in [0.2, 0.25) is 0 Å². The van der Waals surface area contributed by atoms with Crippen molar-refractivity contribution in [3.8, 4) is 0 Å². The third-order valence-corrected chi connectivity index (χ3v) is 6.52. The highest BCUT2D eigenvalue weighted by Crippen LogP contribution is 2.54. The molecule has 0 radical (unpaired) electrons. The summed E-state index contributed by atoms with van der Waals surface area (Å²) >= 11 is 0. The van der Waals surface area contributed by atoms with E-state index < -0.39 is 0 Å². The predicted octanol–water partition coefficient (Wildman–Crippen LogP) is 3.33. The van der Waals surface area contributed by atoms with E-state index in [9.17, 15) is 0 Å². The summed E-state index contributed by atoms with van der Waals surface area (Å²) in [6.45, 7) is 2.14. The summed E-state index contributed by atoms with van der Waals surface area (Å²) in [6.07, 6.45) is 11.0. The van der Waals surface area contributed by atoms with Crippen molar-refractivity contribution in [2.75, 3.05) is 0 Å². The van der Waals surface area contributed by atoms with Gasteiger partial charge < -0.3 is 10.6 Å². The van der Waals surface area contributed by atoms with E-state index >= 15 is 0 Å². The Kier molecular flexibility index (Phi) is 3.29. The highest BCUT2D eigenvalue weighted by Gasteiger charge is 2.49. The molecule has 0 aromatic heterocycles. The highest BCUT2D eigenvalue weighted by atomic mass is 16.6. The Labute approximate surface area is 122 Å². The zero-order chi connectivity index (χ0) is 13.7. The summed E-state index contributed by atoms with van der Waals surface area (Å²) in [5.74, 6) is 4.19. The lowest BCUT2D eigenvalue weighted by Gasteiger charge is -2.52. The summed E-state index contributed by atoms with van der Waals surface area (Å²) in [5, 5.41) is 4.55. The van der Waals surface area contributed by atoms with Crippen LogP contribution >= 0.6 is 0 Å². The Morgan fingerprint density at radius 3 is 2.15 bits per heavy atom. The molecule has 112 valence electrons. The van der Waals surface area contributed by atoms with Crippen molar-refractivity contribution in [2.24, 2.45) is 40.5 Å². The molecular weight excluding hydrogens is 248 g/mol. The average molecular weight is 276 g/mol. The highest BCUT2D eigenvalue weighted by molar-refractivity contribution is 5.84. The van der Waals surface area contributed by atoms with Crippen molar-refractivity contribution in [3.63, 3.8) is 0 Å². The van der Waals surface area contributed by atoms with Gasteiger partial charge in [-0.3, -0.25) is 0 Å². The second-order valence-corrected chi connectivity index (χ2v) is 8.00. The molecule has 0 heterocycles. The van der Waals surface area contributed by atoms with Crippen LogP contribution in [0.4, 0.5) is 0 Å². The van der Waals surface area contributed by atoms with E-state index in [0.29, 0.717) is 18.1 Å². The molecule has 20 heavy (non-hydrogen) atoms. The van der Waals surface area contributed by atoms with Crippen LogP contribution in [-0.4, -0.2) is 17.9 Å². The second kappa shape index (κ2) is 5.01.